The molecule has 1 aliphatic rings. The van der Waals surface area contributed by atoms with Crippen LogP contribution in [-0.4, -0.2) is 39.1 Å². The SMILES string of the molecule is C=CCN1CC[C@H](c2ccc(NS(=O)(=O)c3ccc(C(C)C(F)(F)F)cc3)cc2)C1. The van der Waals surface area contributed by atoms with E-state index in [1.165, 1.54) is 24.3 Å². The van der Waals surface area contributed by atoms with E-state index < -0.39 is 22.1 Å². The van der Waals surface area contributed by atoms with Crippen molar-refractivity contribution in [2.45, 2.75) is 36.3 Å². The molecule has 0 aliphatic carbocycles. The summed E-state index contributed by atoms with van der Waals surface area (Å²) in [6.45, 7) is 7.61. The highest BCUT2D eigenvalue weighted by molar-refractivity contribution is 7.92. The van der Waals surface area contributed by atoms with Crippen molar-refractivity contribution in [3.05, 3.63) is 72.3 Å². The van der Waals surface area contributed by atoms with E-state index >= 15 is 0 Å². The Morgan fingerprint density at radius 3 is 2.37 bits per heavy atom. The van der Waals surface area contributed by atoms with E-state index in [2.05, 4.69) is 16.2 Å². The normalized spacial score (nSPS) is 18.9. The van der Waals surface area contributed by atoms with Gasteiger partial charge in [-0.15, -0.1) is 6.58 Å². The van der Waals surface area contributed by atoms with E-state index in [0.29, 0.717) is 11.6 Å². The highest BCUT2D eigenvalue weighted by Crippen LogP contribution is 2.34. The van der Waals surface area contributed by atoms with Gasteiger partial charge >= 0.3 is 6.18 Å². The molecule has 2 atom stereocenters. The molecule has 0 radical (unpaired) electrons. The van der Waals surface area contributed by atoms with Crippen LogP contribution in [0, 0.1) is 0 Å². The molecular formula is C22H25F3N2O2S. The fraction of sp³-hybridized carbons (Fsp3) is 0.364. The van der Waals surface area contributed by atoms with Crippen LogP contribution in [-0.2, 0) is 10.0 Å². The van der Waals surface area contributed by atoms with Crippen LogP contribution in [0.15, 0.2) is 66.1 Å². The minimum absolute atomic E-state index is 0.0212. The molecule has 1 fully saturated rings. The lowest BCUT2D eigenvalue weighted by Gasteiger charge is -2.16. The first-order valence-electron chi connectivity index (χ1n) is 9.73. The smallest absolute Gasteiger partial charge is 0.299 e. The second kappa shape index (κ2) is 8.81. The summed E-state index contributed by atoms with van der Waals surface area (Å²) in [7, 11) is -3.89. The van der Waals surface area contributed by atoms with Crippen molar-refractivity contribution in [2.75, 3.05) is 24.4 Å². The first-order chi connectivity index (χ1) is 14.1. The molecule has 0 bridgehead atoms. The van der Waals surface area contributed by atoms with Gasteiger partial charge in [-0.1, -0.05) is 30.3 Å². The van der Waals surface area contributed by atoms with Crippen molar-refractivity contribution < 1.29 is 21.6 Å². The minimum Gasteiger partial charge on any atom is -0.299 e. The third-order valence-electron chi connectivity index (χ3n) is 5.48. The Labute approximate surface area is 175 Å². The second-order valence-corrected chi connectivity index (χ2v) is 9.28. The molecule has 0 spiro atoms. The van der Waals surface area contributed by atoms with Gasteiger partial charge in [0, 0.05) is 18.8 Å². The summed E-state index contributed by atoms with van der Waals surface area (Å²) < 4.78 is 66.1. The predicted molar refractivity (Wildman–Crippen MR) is 112 cm³/mol. The molecule has 0 saturated carbocycles. The predicted octanol–water partition coefficient (Wildman–Crippen LogP) is 5.13. The van der Waals surface area contributed by atoms with E-state index in [1.54, 1.807) is 12.1 Å². The van der Waals surface area contributed by atoms with Gasteiger partial charge in [0.25, 0.3) is 10.0 Å². The summed E-state index contributed by atoms with van der Waals surface area (Å²) in [4.78, 5) is 2.23. The summed E-state index contributed by atoms with van der Waals surface area (Å²) in [5.74, 6) is -1.26. The van der Waals surface area contributed by atoms with E-state index in [4.69, 9.17) is 0 Å². The summed E-state index contributed by atoms with van der Waals surface area (Å²) in [5.41, 5.74) is 1.58. The summed E-state index contributed by atoms with van der Waals surface area (Å²) in [6.07, 6.45) is -1.44. The van der Waals surface area contributed by atoms with Crippen molar-refractivity contribution in [2.24, 2.45) is 0 Å². The summed E-state index contributed by atoms with van der Waals surface area (Å²) in [6, 6.07) is 12.0. The van der Waals surface area contributed by atoms with Crippen molar-refractivity contribution in [3.8, 4) is 0 Å². The standard InChI is InChI=1S/C22H25F3N2O2S/c1-3-13-27-14-12-19(15-27)18-4-8-20(9-5-18)26-30(28,29)21-10-6-17(7-11-21)16(2)22(23,24)25/h3-11,16,19,26H,1,12-15H2,2H3/t16?,19-/m0/s1. The summed E-state index contributed by atoms with van der Waals surface area (Å²) in [5, 5.41) is 0. The van der Waals surface area contributed by atoms with Gasteiger partial charge in [-0.25, -0.2) is 8.42 Å². The number of hydrogen-bond acceptors (Lipinski definition) is 3. The molecule has 0 aromatic heterocycles. The first-order valence-corrected chi connectivity index (χ1v) is 11.2. The third kappa shape index (κ3) is 5.23. The number of anilines is 1. The number of benzene rings is 2. The molecule has 0 amide bonds. The molecule has 1 saturated heterocycles. The van der Waals surface area contributed by atoms with E-state index in [9.17, 15) is 21.6 Å². The molecule has 8 heteroatoms. The highest BCUT2D eigenvalue weighted by atomic mass is 32.2. The number of halogens is 3. The monoisotopic (exact) mass is 438 g/mol. The average Bonchev–Trinajstić information content (AvgIpc) is 3.16. The van der Waals surface area contributed by atoms with Crippen LogP contribution in [0.5, 0.6) is 0 Å². The number of rotatable bonds is 7. The number of likely N-dealkylation sites (tertiary alicyclic amines) is 1. The maximum Gasteiger partial charge on any atom is 0.395 e. The van der Waals surface area contributed by atoms with E-state index in [1.807, 2.05) is 18.2 Å². The quantitative estimate of drug-likeness (QED) is 0.610. The van der Waals surface area contributed by atoms with Crippen LogP contribution in [0.3, 0.4) is 0 Å². The zero-order valence-corrected chi connectivity index (χ0v) is 17.5. The Balaban J connectivity index is 1.67. The minimum atomic E-state index is -4.37. The Morgan fingerprint density at radius 1 is 1.17 bits per heavy atom. The summed E-state index contributed by atoms with van der Waals surface area (Å²) >= 11 is 0. The van der Waals surface area contributed by atoms with Crippen LogP contribution in [0.2, 0.25) is 0 Å². The van der Waals surface area contributed by atoms with Gasteiger partial charge in [0.1, 0.15) is 0 Å². The van der Waals surface area contributed by atoms with Gasteiger partial charge < -0.3 is 0 Å². The van der Waals surface area contributed by atoms with Crippen molar-refractivity contribution in [3.63, 3.8) is 0 Å². The van der Waals surface area contributed by atoms with Crippen LogP contribution < -0.4 is 4.72 Å². The zero-order valence-electron chi connectivity index (χ0n) is 16.7. The van der Waals surface area contributed by atoms with Gasteiger partial charge in [-0.3, -0.25) is 9.62 Å². The maximum atomic E-state index is 12.8. The van der Waals surface area contributed by atoms with Crippen molar-refractivity contribution in [1.82, 2.24) is 4.90 Å². The van der Waals surface area contributed by atoms with Gasteiger partial charge in [0.2, 0.25) is 0 Å². The molecule has 1 heterocycles. The van der Waals surface area contributed by atoms with Crippen LogP contribution in [0.25, 0.3) is 0 Å². The molecule has 162 valence electrons. The average molecular weight is 439 g/mol. The number of sulfonamides is 1. The number of hydrogen-bond donors (Lipinski definition) is 1. The molecule has 1 unspecified atom stereocenters. The fourth-order valence-electron chi connectivity index (χ4n) is 3.62. The van der Waals surface area contributed by atoms with Crippen LogP contribution in [0.1, 0.15) is 36.3 Å². The first kappa shape index (κ1) is 22.4. The fourth-order valence-corrected chi connectivity index (χ4v) is 4.67. The molecule has 3 rings (SSSR count). The van der Waals surface area contributed by atoms with Gasteiger partial charge in [0.05, 0.1) is 10.8 Å². The molecule has 2 aromatic rings. The maximum absolute atomic E-state index is 12.8. The molecule has 1 N–H and O–H groups in total. The van der Waals surface area contributed by atoms with Gasteiger partial charge in [-0.2, -0.15) is 13.2 Å². The van der Waals surface area contributed by atoms with Crippen LogP contribution in [0.4, 0.5) is 18.9 Å². The Hall–Kier alpha value is -2.32. The Kier molecular flexibility index (Phi) is 6.57. The third-order valence-corrected chi connectivity index (χ3v) is 6.87. The molecule has 4 nitrogen and oxygen atoms in total. The lowest BCUT2D eigenvalue weighted by Crippen LogP contribution is -2.20. The van der Waals surface area contributed by atoms with Crippen molar-refractivity contribution in [1.29, 1.82) is 0 Å². The van der Waals surface area contributed by atoms with Crippen LogP contribution >= 0.6 is 0 Å². The van der Waals surface area contributed by atoms with Crippen molar-refractivity contribution >= 4 is 15.7 Å². The molecule has 1 aliphatic heterocycles. The molecular weight excluding hydrogens is 413 g/mol. The van der Waals surface area contributed by atoms with E-state index in [-0.39, 0.29) is 10.5 Å². The number of alkyl halides is 3. The topological polar surface area (TPSA) is 49.4 Å². The number of nitrogens with one attached hydrogen (secondary N) is 1. The number of nitrogens with zero attached hydrogens (tertiary/aromatic N) is 1. The lowest BCUT2D eigenvalue weighted by molar-refractivity contribution is -0.146. The lowest BCUT2D eigenvalue weighted by atomic mass is 9.98. The van der Waals surface area contributed by atoms with Gasteiger partial charge in [0.15, 0.2) is 0 Å². The zero-order chi connectivity index (χ0) is 21.9. The second-order valence-electron chi connectivity index (χ2n) is 7.59. The molecule has 30 heavy (non-hydrogen) atoms. The largest absolute Gasteiger partial charge is 0.395 e. The Bertz CT molecular complexity index is 971. The van der Waals surface area contributed by atoms with Gasteiger partial charge in [-0.05, 0) is 61.2 Å². The molecule has 2 aromatic carbocycles. The highest BCUT2D eigenvalue weighted by Gasteiger charge is 2.37. The van der Waals surface area contributed by atoms with E-state index in [0.717, 1.165) is 38.5 Å². The Morgan fingerprint density at radius 2 is 1.80 bits per heavy atom.